The third-order valence-electron chi connectivity index (χ3n) is 7.18. The Balaban J connectivity index is 1.36. The summed E-state index contributed by atoms with van der Waals surface area (Å²) >= 11 is 0. The van der Waals surface area contributed by atoms with Gasteiger partial charge >= 0.3 is 0 Å². The molecule has 0 radical (unpaired) electrons. The quantitative estimate of drug-likeness (QED) is 0.649. The summed E-state index contributed by atoms with van der Waals surface area (Å²) in [7, 11) is 0. The summed E-state index contributed by atoms with van der Waals surface area (Å²) in [6.07, 6.45) is 7.29. The Morgan fingerprint density at radius 3 is 2.47 bits per heavy atom. The minimum atomic E-state index is 0.171. The summed E-state index contributed by atoms with van der Waals surface area (Å²) in [5.41, 5.74) is 2.13. The van der Waals surface area contributed by atoms with Gasteiger partial charge in [0.1, 0.15) is 11.6 Å². The van der Waals surface area contributed by atoms with Crippen molar-refractivity contribution in [3.63, 3.8) is 0 Å². The number of fused-ring (bicyclic) bond motifs is 1. The lowest BCUT2D eigenvalue weighted by Gasteiger charge is -2.34. The average Bonchev–Trinajstić information content (AvgIpc) is 3.29. The van der Waals surface area contributed by atoms with Crippen molar-refractivity contribution in [3.05, 3.63) is 17.1 Å². The van der Waals surface area contributed by atoms with Crippen LogP contribution in [0, 0.1) is 12.8 Å². The van der Waals surface area contributed by atoms with Crippen LogP contribution in [-0.4, -0.2) is 70.9 Å². The lowest BCUT2D eigenvalue weighted by atomic mass is 9.94. The fraction of sp³-hybridized carbons (Fsp3) is 0.760. The van der Waals surface area contributed by atoms with Crippen molar-refractivity contribution in [3.8, 4) is 0 Å². The molecule has 0 spiro atoms. The number of hydrogen-bond acceptors (Lipinski definition) is 5. The van der Waals surface area contributed by atoms with E-state index in [4.69, 9.17) is 9.97 Å². The van der Waals surface area contributed by atoms with E-state index in [1.165, 1.54) is 25.9 Å². The molecule has 0 atom stereocenters. The van der Waals surface area contributed by atoms with Gasteiger partial charge < -0.3 is 9.80 Å². The van der Waals surface area contributed by atoms with E-state index in [9.17, 15) is 9.59 Å². The largest absolute Gasteiger partial charge is 0.343 e. The van der Waals surface area contributed by atoms with E-state index < -0.39 is 0 Å². The van der Waals surface area contributed by atoms with Gasteiger partial charge in [0.2, 0.25) is 11.8 Å². The van der Waals surface area contributed by atoms with E-state index in [1.54, 1.807) is 0 Å². The monoisotopic (exact) mass is 441 g/mol. The molecule has 176 valence electrons. The van der Waals surface area contributed by atoms with Gasteiger partial charge in [-0.15, -0.1) is 0 Å². The van der Waals surface area contributed by atoms with Crippen molar-refractivity contribution in [2.75, 3.05) is 44.2 Å². The fourth-order valence-electron chi connectivity index (χ4n) is 5.34. The highest BCUT2D eigenvalue weighted by atomic mass is 16.2. The number of carbonyl (C=O) groups is 2. The SMILES string of the molecule is Cc1nc(C2CCN(C(=O)CCCN3CCCC3)CC2)nc2c1CCC(=O)N2CC(C)C. The zero-order chi connectivity index (χ0) is 22.7. The molecule has 0 N–H and O–H groups in total. The van der Waals surface area contributed by atoms with Gasteiger partial charge in [-0.25, -0.2) is 9.97 Å². The van der Waals surface area contributed by atoms with Gasteiger partial charge in [0.05, 0.1) is 0 Å². The molecule has 7 heteroatoms. The normalized spacial score (nSPS) is 20.3. The zero-order valence-corrected chi connectivity index (χ0v) is 20.1. The van der Waals surface area contributed by atoms with Crippen LogP contribution in [0.2, 0.25) is 0 Å². The van der Waals surface area contributed by atoms with Gasteiger partial charge in [0, 0.05) is 49.7 Å². The minimum Gasteiger partial charge on any atom is -0.343 e. The van der Waals surface area contributed by atoms with Gasteiger partial charge in [-0.3, -0.25) is 14.5 Å². The fourth-order valence-corrected chi connectivity index (χ4v) is 5.34. The highest BCUT2D eigenvalue weighted by Gasteiger charge is 2.31. The molecule has 0 bridgehead atoms. The number of aromatic nitrogens is 2. The molecule has 2 amide bonds. The highest BCUT2D eigenvalue weighted by Crippen LogP contribution is 2.33. The van der Waals surface area contributed by atoms with Crippen molar-refractivity contribution >= 4 is 17.6 Å². The second-order valence-corrected chi connectivity index (χ2v) is 10.2. The molecule has 3 aliphatic rings. The smallest absolute Gasteiger partial charge is 0.228 e. The van der Waals surface area contributed by atoms with Crippen molar-refractivity contribution in [1.82, 2.24) is 19.8 Å². The molecule has 0 aliphatic carbocycles. The third kappa shape index (κ3) is 5.30. The standard InChI is InChI=1S/C25H39N5O2/c1-18(2)17-30-23(32)9-8-21-19(3)26-24(27-25(21)30)20-10-15-29(16-11-20)22(31)7-6-14-28-12-4-5-13-28/h18,20H,4-17H2,1-3H3. The summed E-state index contributed by atoms with van der Waals surface area (Å²) in [4.78, 5) is 41.4. The van der Waals surface area contributed by atoms with Gasteiger partial charge in [0.25, 0.3) is 0 Å². The number of aryl methyl sites for hydroxylation is 1. The number of amides is 2. The summed E-state index contributed by atoms with van der Waals surface area (Å²) in [5.74, 6) is 2.79. The topological polar surface area (TPSA) is 69.6 Å². The summed E-state index contributed by atoms with van der Waals surface area (Å²) in [6.45, 7) is 12.0. The second-order valence-electron chi connectivity index (χ2n) is 10.2. The van der Waals surface area contributed by atoms with Crippen LogP contribution in [0.1, 0.15) is 81.8 Å². The summed E-state index contributed by atoms with van der Waals surface area (Å²) in [6, 6.07) is 0. The van der Waals surface area contributed by atoms with Crippen molar-refractivity contribution in [1.29, 1.82) is 0 Å². The number of hydrogen-bond donors (Lipinski definition) is 0. The Kier molecular flexibility index (Phi) is 7.44. The molecule has 7 nitrogen and oxygen atoms in total. The van der Waals surface area contributed by atoms with Crippen LogP contribution in [0.5, 0.6) is 0 Å². The molecule has 32 heavy (non-hydrogen) atoms. The minimum absolute atomic E-state index is 0.171. The Bertz CT molecular complexity index is 826. The molecule has 2 saturated heterocycles. The Labute approximate surface area is 192 Å². The van der Waals surface area contributed by atoms with Crippen LogP contribution < -0.4 is 4.90 Å². The van der Waals surface area contributed by atoms with Crippen LogP contribution in [-0.2, 0) is 16.0 Å². The maximum absolute atomic E-state index is 12.7. The Morgan fingerprint density at radius 2 is 1.78 bits per heavy atom. The number of nitrogens with zero attached hydrogens (tertiary/aromatic N) is 5. The maximum atomic E-state index is 12.7. The first kappa shape index (κ1) is 23.1. The highest BCUT2D eigenvalue weighted by molar-refractivity contribution is 5.95. The van der Waals surface area contributed by atoms with Crippen LogP contribution in [0.25, 0.3) is 0 Å². The van der Waals surface area contributed by atoms with E-state index >= 15 is 0 Å². The lowest BCUT2D eigenvalue weighted by molar-refractivity contribution is -0.132. The summed E-state index contributed by atoms with van der Waals surface area (Å²) < 4.78 is 0. The first-order chi connectivity index (χ1) is 15.4. The Hall–Kier alpha value is -2.02. The number of likely N-dealkylation sites (tertiary alicyclic amines) is 2. The molecule has 4 rings (SSSR count). The zero-order valence-electron chi connectivity index (χ0n) is 20.1. The number of anilines is 1. The Morgan fingerprint density at radius 1 is 1.06 bits per heavy atom. The molecule has 1 aromatic rings. The van der Waals surface area contributed by atoms with Crippen LogP contribution in [0.15, 0.2) is 0 Å². The predicted molar refractivity (Wildman–Crippen MR) is 126 cm³/mol. The van der Waals surface area contributed by atoms with Crippen molar-refractivity contribution < 1.29 is 9.59 Å². The second kappa shape index (κ2) is 10.3. The molecule has 1 aromatic heterocycles. The molecule has 2 fully saturated rings. The van der Waals surface area contributed by atoms with Gasteiger partial charge in [-0.05, 0) is 71.0 Å². The molecule has 0 saturated carbocycles. The molecule has 0 unspecified atom stereocenters. The van der Waals surface area contributed by atoms with Gasteiger partial charge in [-0.1, -0.05) is 13.8 Å². The molecule has 4 heterocycles. The van der Waals surface area contributed by atoms with E-state index in [0.29, 0.717) is 31.2 Å². The number of rotatable bonds is 7. The van der Waals surface area contributed by atoms with Crippen molar-refractivity contribution in [2.45, 2.75) is 78.1 Å². The van der Waals surface area contributed by atoms with Crippen molar-refractivity contribution in [2.24, 2.45) is 5.92 Å². The van der Waals surface area contributed by atoms with Gasteiger partial charge in [0.15, 0.2) is 0 Å². The van der Waals surface area contributed by atoms with Crippen LogP contribution in [0.3, 0.4) is 0 Å². The van der Waals surface area contributed by atoms with Crippen LogP contribution in [0.4, 0.5) is 5.82 Å². The maximum Gasteiger partial charge on any atom is 0.228 e. The first-order valence-corrected chi connectivity index (χ1v) is 12.6. The van der Waals surface area contributed by atoms with E-state index in [-0.39, 0.29) is 11.8 Å². The molecule has 3 aliphatic heterocycles. The molecular weight excluding hydrogens is 402 g/mol. The number of carbonyl (C=O) groups excluding carboxylic acids is 2. The van der Waals surface area contributed by atoms with Gasteiger partial charge in [-0.2, -0.15) is 0 Å². The molecule has 0 aromatic carbocycles. The third-order valence-corrected chi connectivity index (χ3v) is 7.18. The van der Waals surface area contributed by atoms with E-state index in [0.717, 1.165) is 68.2 Å². The average molecular weight is 442 g/mol. The predicted octanol–water partition coefficient (Wildman–Crippen LogP) is 3.30. The lowest BCUT2D eigenvalue weighted by Crippen LogP contribution is -2.40. The van der Waals surface area contributed by atoms with Crippen LogP contribution >= 0.6 is 0 Å². The number of piperidine rings is 1. The van der Waals surface area contributed by atoms with E-state index in [1.807, 2.05) is 16.7 Å². The molecular formula is C25H39N5O2. The van der Waals surface area contributed by atoms with E-state index in [2.05, 4.69) is 18.7 Å². The summed E-state index contributed by atoms with van der Waals surface area (Å²) in [5, 5.41) is 0. The first-order valence-electron chi connectivity index (χ1n) is 12.6.